The fourth-order valence-electron chi connectivity index (χ4n) is 2.92. The van der Waals surface area contributed by atoms with Crippen LogP contribution in [0.1, 0.15) is 24.6 Å². The van der Waals surface area contributed by atoms with Gasteiger partial charge >= 0.3 is 12.1 Å². The summed E-state index contributed by atoms with van der Waals surface area (Å²) >= 11 is 7.91. The van der Waals surface area contributed by atoms with Crippen LogP contribution in [0.25, 0.3) is 10.1 Å². The van der Waals surface area contributed by atoms with Crippen molar-refractivity contribution in [3.8, 4) is 0 Å². The number of piperidine rings is 1. The Hall–Kier alpha value is -1.79. The molecule has 1 aliphatic heterocycles. The molecule has 0 N–H and O–H groups in total. The smallest absolute Gasteiger partial charge is 0.409 e. The molecule has 2 aromatic rings. The second kappa shape index (κ2) is 8.06. The Morgan fingerprint density at radius 1 is 1.24 bits per heavy atom. The Morgan fingerprint density at radius 2 is 1.96 bits per heavy atom. The van der Waals surface area contributed by atoms with Gasteiger partial charge in [-0.05, 0) is 25.8 Å². The lowest BCUT2D eigenvalue weighted by atomic mass is 9.97. The van der Waals surface area contributed by atoms with Crippen molar-refractivity contribution in [3.63, 3.8) is 0 Å². The topological polar surface area (TPSA) is 55.8 Å². The number of hydrogen-bond donors (Lipinski definition) is 0. The fraction of sp³-hybridized carbons (Fsp3) is 0.444. The van der Waals surface area contributed by atoms with Crippen molar-refractivity contribution in [2.45, 2.75) is 26.4 Å². The molecular weight excluding hydrogens is 362 g/mol. The van der Waals surface area contributed by atoms with Crippen LogP contribution in [0, 0.1) is 5.92 Å². The zero-order valence-electron chi connectivity index (χ0n) is 14.0. The molecule has 0 spiro atoms. The monoisotopic (exact) mass is 381 g/mol. The predicted molar refractivity (Wildman–Crippen MR) is 98.0 cm³/mol. The number of amides is 1. The second-order valence-corrected chi connectivity index (χ2v) is 7.42. The van der Waals surface area contributed by atoms with Crippen LogP contribution in [0.15, 0.2) is 24.3 Å². The van der Waals surface area contributed by atoms with E-state index in [1.807, 2.05) is 24.3 Å². The highest BCUT2D eigenvalue weighted by atomic mass is 35.5. The molecule has 1 saturated heterocycles. The van der Waals surface area contributed by atoms with Crippen LogP contribution in [0.3, 0.4) is 0 Å². The van der Waals surface area contributed by atoms with Gasteiger partial charge < -0.3 is 14.4 Å². The number of carbonyl (C=O) groups excluding carboxylic acids is 2. The Labute approximate surface area is 155 Å². The molecule has 0 atom stereocenters. The molecule has 0 bridgehead atoms. The molecule has 1 aliphatic rings. The standard InChI is InChI=1S/C18H20ClNO4S/c1-2-23-18(22)20-9-7-12(8-10-20)17(21)24-11-15-16(19)13-5-3-4-6-14(13)25-15/h3-6,12H,2,7-11H2,1H3. The van der Waals surface area contributed by atoms with Gasteiger partial charge in [0.1, 0.15) is 6.61 Å². The van der Waals surface area contributed by atoms with Crippen molar-refractivity contribution < 1.29 is 19.1 Å². The lowest BCUT2D eigenvalue weighted by Crippen LogP contribution is -2.40. The number of hydrogen-bond acceptors (Lipinski definition) is 5. The predicted octanol–water partition coefficient (Wildman–Crippen LogP) is 4.47. The summed E-state index contributed by atoms with van der Waals surface area (Å²) in [7, 11) is 0. The molecule has 7 heteroatoms. The quantitative estimate of drug-likeness (QED) is 0.733. The third-order valence-electron chi connectivity index (χ3n) is 4.30. The molecule has 0 radical (unpaired) electrons. The van der Waals surface area contributed by atoms with E-state index in [9.17, 15) is 9.59 Å². The molecule has 0 saturated carbocycles. The Morgan fingerprint density at radius 3 is 2.64 bits per heavy atom. The van der Waals surface area contributed by atoms with E-state index in [1.54, 1.807) is 23.2 Å². The summed E-state index contributed by atoms with van der Waals surface area (Å²) in [6.07, 6.45) is 0.877. The maximum atomic E-state index is 12.3. The molecule has 1 aromatic carbocycles. The van der Waals surface area contributed by atoms with Gasteiger partial charge in [0.15, 0.2) is 0 Å². The lowest BCUT2D eigenvalue weighted by Gasteiger charge is -2.30. The van der Waals surface area contributed by atoms with E-state index < -0.39 is 0 Å². The summed E-state index contributed by atoms with van der Waals surface area (Å²) in [5, 5.41) is 1.65. The summed E-state index contributed by atoms with van der Waals surface area (Å²) in [6, 6.07) is 7.86. The lowest BCUT2D eigenvalue weighted by molar-refractivity contribution is -0.151. The average molecular weight is 382 g/mol. The summed E-state index contributed by atoms with van der Waals surface area (Å²) in [4.78, 5) is 26.5. The van der Waals surface area contributed by atoms with Crippen LogP contribution in [0.5, 0.6) is 0 Å². The Bertz CT molecular complexity index is 768. The number of halogens is 1. The highest BCUT2D eigenvalue weighted by Crippen LogP contribution is 2.35. The van der Waals surface area contributed by atoms with E-state index in [0.717, 1.165) is 15.0 Å². The molecule has 5 nitrogen and oxygen atoms in total. The van der Waals surface area contributed by atoms with Crippen molar-refractivity contribution in [2.24, 2.45) is 5.92 Å². The fourth-order valence-corrected chi connectivity index (χ4v) is 4.33. The first-order valence-corrected chi connectivity index (χ1v) is 9.53. The molecule has 2 heterocycles. The maximum absolute atomic E-state index is 12.3. The second-order valence-electron chi connectivity index (χ2n) is 5.90. The van der Waals surface area contributed by atoms with Gasteiger partial charge in [0.05, 0.1) is 22.4 Å². The SMILES string of the molecule is CCOC(=O)N1CCC(C(=O)OCc2sc3ccccc3c2Cl)CC1. The van der Waals surface area contributed by atoms with Crippen LogP contribution in [-0.4, -0.2) is 36.7 Å². The molecule has 25 heavy (non-hydrogen) atoms. The number of carbonyl (C=O) groups is 2. The molecule has 1 amide bonds. The third kappa shape index (κ3) is 4.07. The molecule has 1 aromatic heterocycles. The van der Waals surface area contributed by atoms with Gasteiger partial charge in [-0.1, -0.05) is 29.8 Å². The van der Waals surface area contributed by atoms with E-state index in [0.29, 0.717) is 37.6 Å². The van der Waals surface area contributed by atoms with Gasteiger partial charge in [0, 0.05) is 23.2 Å². The van der Waals surface area contributed by atoms with Crippen LogP contribution in [-0.2, 0) is 20.9 Å². The van der Waals surface area contributed by atoms with Gasteiger partial charge in [-0.15, -0.1) is 11.3 Å². The highest BCUT2D eigenvalue weighted by molar-refractivity contribution is 7.19. The van der Waals surface area contributed by atoms with Gasteiger partial charge in [0.2, 0.25) is 0 Å². The van der Waals surface area contributed by atoms with Crippen molar-refractivity contribution in [1.29, 1.82) is 0 Å². The summed E-state index contributed by atoms with van der Waals surface area (Å²) in [5.41, 5.74) is 0. The number of esters is 1. The molecular formula is C18H20ClNO4S. The number of fused-ring (bicyclic) bond motifs is 1. The van der Waals surface area contributed by atoms with E-state index >= 15 is 0 Å². The minimum absolute atomic E-state index is 0.182. The van der Waals surface area contributed by atoms with Crippen LogP contribution in [0.2, 0.25) is 5.02 Å². The number of likely N-dealkylation sites (tertiary alicyclic amines) is 1. The van der Waals surface area contributed by atoms with Gasteiger partial charge in [-0.3, -0.25) is 4.79 Å². The van der Waals surface area contributed by atoms with Crippen molar-refractivity contribution in [2.75, 3.05) is 19.7 Å². The number of benzene rings is 1. The van der Waals surface area contributed by atoms with Crippen LogP contribution in [0.4, 0.5) is 4.79 Å². The van der Waals surface area contributed by atoms with E-state index in [-0.39, 0.29) is 24.6 Å². The Balaban J connectivity index is 1.53. The maximum Gasteiger partial charge on any atom is 0.409 e. The zero-order valence-corrected chi connectivity index (χ0v) is 15.6. The van der Waals surface area contributed by atoms with E-state index in [2.05, 4.69) is 0 Å². The normalized spacial score (nSPS) is 15.4. The minimum atomic E-state index is -0.314. The first-order valence-electron chi connectivity index (χ1n) is 8.34. The first-order chi connectivity index (χ1) is 12.1. The number of nitrogens with zero attached hydrogens (tertiary/aromatic N) is 1. The average Bonchev–Trinajstić information content (AvgIpc) is 2.96. The molecule has 1 fully saturated rings. The van der Waals surface area contributed by atoms with Gasteiger partial charge in [-0.25, -0.2) is 4.79 Å². The zero-order chi connectivity index (χ0) is 17.8. The Kier molecular flexibility index (Phi) is 5.81. The van der Waals surface area contributed by atoms with Gasteiger partial charge in [-0.2, -0.15) is 0 Å². The molecule has 0 aliphatic carbocycles. The molecule has 3 rings (SSSR count). The summed E-state index contributed by atoms with van der Waals surface area (Å²) in [6.45, 7) is 3.36. The number of thiophene rings is 1. The number of ether oxygens (including phenoxy) is 2. The van der Waals surface area contributed by atoms with Crippen molar-refractivity contribution in [3.05, 3.63) is 34.2 Å². The van der Waals surface area contributed by atoms with Crippen LogP contribution < -0.4 is 0 Å². The van der Waals surface area contributed by atoms with Gasteiger partial charge in [0.25, 0.3) is 0 Å². The largest absolute Gasteiger partial charge is 0.460 e. The number of rotatable bonds is 4. The van der Waals surface area contributed by atoms with E-state index in [1.165, 1.54) is 0 Å². The van der Waals surface area contributed by atoms with Crippen LogP contribution >= 0.6 is 22.9 Å². The third-order valence-corrected chi connectivity index (χ3v) is 5.99. The molecule has 134 valence electrons. The highest BCUT2D eigenvalue weighted by Gasteiger charge is 2.29. The van der Waals surface area contributed by atoms with Crippen molar-refractivity contribution in [1.82, 2.24) is 4.90 Å². The van der Waals surface area contributed by atoms with E-state index in [4.69, 9.17) is 21.1 Å². The molecule has 0 unspecified atom stereocenters. The summed E-state index contributed by atoms with van der Waals surface area (Å²) in [5.74, 6) is -0.407. The minimum Gasteiger partial charge on any atom is -0.460 e. The first kappa shape index (κ1) is 18.0. The van der Waals surface area contributed by atoms with Crippen molar-refractivity contribution >= 4 is 45.1 Å². The summed E-state index contributed by atoms with van der Waals surface area (Å²) < 4.78 is 11.5.